The average Bonchev–Trinajstić information content (AvgIpc) is 2.39. The van der Waals surface area contributed by atoms with Crippen molar-refractivity contribution in [2.24, 2.45) is 0 Å². The van der Waals surface area contributed by atoms with Crippen LogP contribution in [0.2, 0.25) is 0 Å². The standard InChI is InChI=1S/C11H14Cl3NO3S/c12-5-7-15(8-6-13)10-1-3-11(4-2-10)18-19(16,17)9-14/h1-4H,5-9H2. The molecule has 1 rings (SSSR count). The molecule has 0 fully saturated rings. The Morgan fingerprint density at radius 3 is 1.95 bits per heavy atom. The maximum Gasteiger partial charge on any atom is 0.323 e. The molecule has 19 heavy (non-hydrogen) atoms. The van der Waals surface area contributed by atoms with Crippen molar-refractivity contribution in [1.29, 1.82) is 0 Å². The lowest BCUT2D eigenvalue weighted by molar-refractivity contribution is 0.491. The van der Waals surface area contributed by atoms with Crippen LogP contribution in [0.25, 0.3) is 0 Å². The number of alkyl halides is 3. The molecule has 0 saturated heterocycles. The van der Waals surface area contributed by atoms with Crippen LogP contribution in [0.15, 0.2) is 24.3 Å². The van der Waals surface area contributed by atoms with E-state index in [-0.39, 0.29) is 5.75 Å². The Balaban J connectivity index is 2.79. The van der Waals surface area contributed by atoms with Gasteiger partial charge in [0.05, 0.1) is 0 Å². The maximum absolute atomic E-state index is 11.2. The van der Waals surface area contributed by atoms with Gasteiger partial charge in [-0.05, 0) is 24.3 Å². The fourth-order valence-corrected chi connectivity index (χ4v) is 2.45. The van der Waals surface area contributed by atoms with E-state index < -0.39 is 15.3 Å². The van der Waals surface area contributed by atoms with Crippen LogP contribution < -0.4 is 9.08 Å². The highest BCUT2D eigenvalue weighted by Gasteiger charge is 2.11. The minimum absolute atomic E-state index is 0.223. The van der Waals surface area contributed by atoms with Gasteiger partial charge < -0.3 is 9.08 Å². The van der Waals surface area contributed by atoms with Crippen LogP contribution in [0.4, 0.5) is 5.69 Å². The zero-order valence-electron chi connectivity index (χ0n) is 10.1. The van der Waals surface area contributed by atoms with Crippen molar-refractivity contribution in [3.63, 3.8) is 0 Å². The molecule has 0 aliphatic heterocycles. The average molecular weight is 347 g/mol. The van der Waals surface area contributed by atoms with Crippen LogP contribution in [0.5, 0.6) is 5.75 Å². The molecule has 0 aliphatic carbocycles. The number of hydrogen-bond donors (Lipinski definition) is 0. The van der Waals surface area contributed by atoms with Crippen molar-refractivity contribution < 1.29 is 12.6 Å². The largest absolute Gasteiger partial charge is 0.382 e. The molecular weight excluding hydrogens is 333 g/mol. The number of anilines is 1. The van der Waals surface area contributed by atoms with E-state index in [2.05, 4.69) is 0 Å². The number of nitrogens with zero attached hydrogens (tertiary/aromatic N) is 1. The SMILES string of the molecule is O=S(=O)(CCl)Oc1ccc(N(CCCl)CCCl)cc1. The molecule has 0 aromatic heterocycles. The summed E-state index contributed by atoms with van der Waals surface area (Å²) in [7, 11) is -3.72. The van der Waals surface area contributed by atoms with E-state index >= 15 is 0 Å². The Labute approximate surface area is 128 Å². The molecule has 0 unspecified atom stereocenters. The van der Waals surface area contributed by atoms with Gasteiger partial charge in [-0.3, -0.25) is 0 Å². The molecule has 1 aromatic rings. The van der Waals surface area contributed by atoms with Gasteiger partial charge in [-0.1, -0.05) is 0 Å². The number of halogens is 3. The second-order valence-corrected chi connectivity index (χ2v) is 6.52. The Hall–Kier alpha value is -0.360. The molecule has 0 aliphatic rings. The highest BCUT2D eigenvalue weighted by atomic mass is 35.5. The number of hydrogen-bond acceptors (Lipinski definition) is 4. The van der Waals surface area contributed by atoms with E-state index in [1.807, 2.05) is 4.90 Å². The van der Waals surface area contributed by atoms with Gasteiger partial charge in [0.1, 0.15) is 5.75 Å². The second kappa shape index (κ2) is 8.04. The fourth-order valence-electron chi connectivity index (χ4n) is 1.46. The summed E-state index contributed by atoms with van der Waals surface area (Å²) in [6, 6.07) is 6.63. The van der Waals surface area contributed by atoms with E-state index in [9.17, 15) is 8.42 Å². The number of rotatable bonds is 8. The molecule has 0 radical (unpaired) electrons. The van der Waals surface area contributed by atoms with E-state index in [0.717, 1.165) is 5.69 Å². The third kappa shape index (κ3) is 5.65. The van der Waals surface area contributed by atoms with Crippen molar-refractivity contribution in [3.05, 3.63) is 24.3 Å². The Morgan fingerprint density at radius 1 is 1.00 bits per heavy atom. The summed E-state index contributed by atoms with van der Waals surface area (Å²) in [4.78, 5) is 2.00. The highest BCUT2D eigenvalue weighted by Crippen LogP contribution is 2.21. The summed E-state index contributed by atoms with van der Waals surface area (Å²) in [5, 5.41) is -0.584. The molecule has 4 nitrogen and oxygen atoms in total. The maximum atomic E-state index is 11.2. The molecule has 1 aromatic carbocycles. The van der Waals surface area contributed by atoms with Gasteiger partial charge in [0.2, 0.25) is 0 Å². The first-order chi connectivity index (χ1) is 9.02. The smallest absolute Gasteiger partial charge is 0.323 e. The van der Waals surface area contributed by atoms with Crippen molar-refractivity contribution in [1.82, 2.24) is 0 Å². The zero-order chi connectivity index (χ0) is 14.3. The molecule has 0 spiro atoms. The molecule has 0 atom stereocenters. The predicted octanol–water partition coefficient (Wildman–Crippen LogP) is 2.88. The van der Waals surface area contributed by atoms with Crippen molar-refractivity contribution in [2.45, 2.75) is 0 Å². The summed E-state index contributed by atoms with van der Waals surface area (Å²) in [5.41, 5.74) is 0.900. The third-order valence-corrected chi connectivity index (χ3v) is 4.12. The number of benzene rings is 1. The van der Waals surface area contributed by atoms with Gasteiger partial charge in [-0.15, -0.1) is 34.8 Å². The second-order valence-electron chi connectivity index (χ2n) is 3.61. The molecule has 0 N–H and O–H groups in total. The van der Waals surface area contributed by atoms with Crippen LogP contribution in [0.1, 0.15) is 0 Å². The van der Waals surface area contributed by atoms with E-state index in [1.54, 1.807) is 24.3 Å². The third-order valence-electron chi connectivity index (χ3n) is 2.27. The normalized spacial score (nSPS) is 11.3. The van der Waals surface area contributed by atoms with Crippen LogP contribution in [0, 0.1) is 0 Å². The van der Waals surface area contributed by atoms with Crippen LogP contribution in [-0.2, 0) is 10.1 Å². The summed E-state index contributed by atoms with van der Waals surface area (Å²) < 4.78 is 27.2. The monoisotopic (exact) mass is 345 g/mol. The summed E-state index contributed by atoms with van der Waals surface area (Å²) in [5.74, 6) is 1.19. The molecular formula is C11H14Cl3NO3S. The Kier molecular flexibility index (Phi) is 7.07. The molecule has 0 amide bonds. The van der Waals surface area contributed by atoms with Crippen molar-refractivity contribution in [2.75, 3.05) is 35.0 Å². The van der Waals surface area contributed by atoms with E-state index in [4.69, 9.17) is 39.0 Å². The van der Waals surface area contributed by atoms with Crippen LogP contribution in [0.3, 0.4) is 0 Å². The highest BCUT2D eigenvalue weighted by molar-refractivity contribution is 7.88. The first kappa shape index (κ1) is 16.7. The van der Waals surface area contributed by atoms with Crippen molar-refractivity contribution >= 4 is 50.6 Å². The minimum atomic E-state index is -3.72. The van der Waals surface area contributed by atoms with Crippen molar-refractivity contribution in [3.8, 4) is 5.75 Å². The lowest BCUT2D eigenvalue weighted by Crippen LogP contribution is -2.27. The first-order valence-electron chi connectivity index (χ1n) is 5.47. The predicted molar refractivity (Wildman–Crippen MR) is 80.4 cm³/mol. The van der Waals surface area contributed by atoms with E-state index in [0.29, 0.717) is 24.8 Å². The summed E-state index contributed by atoms with van der Waals surface area (Å²) in [6.07, 6.45) is 0. The van der Waals surface area contributed by atoms with Gasteiger partial charge in [-0.25, -0.2) is 0 Å². The van der Waals surface area contributed by atoms with Gasteiger partial charge in [0.25, 0.3) is 0 Å². The molecule has 0 bridgehead atoms. The fraction of sp³-hybridized carbons (Fsp3) is 0.455. The first-order valence-corrected chi connectivity index (χ1v) is 8.65. The molecule has 8 heteroatoms. The van der Waals surface area contributed by atoms with Gasteiger partial charge >= 0.3 is 10.1 Å². The van der Waals surface area contributed by atoms with Gasteiger partial charge in [-0.2, -0.15) is 8.42 Å². The van der Waals surface area contributed by atoms with Crippen LogP contribution >= 0.6 is 34.8 Å². The Bertz CT molecular complexity index is 472. The Morgan fingerprint density at radius 2 is 1.53 bits per heavy atom. The van der Waals surface area contributed by atoms with E-state index in [1.165, 1.54) is 0 Å². The molecule has 0 saturated carbocycles. The van der Waals surface area contributed by atoms with Gasteiger partial charge in [0, 0.05) is 30.5 Å². The quantitative estimate of drug-likeness (QED) is 0.536. The topological polar surface area (TPSA) is 46.6 Å². The zero-order valence-corrected chi connectivity index (χ0v) is 13.1. The van der Waals surface area contributed by atoms with Gasteiger partial charge in [0.15, 0.2) is 5.21 Å². The lowest BCUT2D eigenvalue weighted by Gasteiger charge is -2.22. The molecule has 108 valence electrons. The summed E-state index contributed by atoms with van der Waals surface area (Å²) >= 11 is 16.7. The minimum Gasteiger partial charge on any atom is -0.382 e. The lowest BCUT2D eigenvalue weighted by atomic mass is 10.2. The summed E-state index contributed by atoms with van der Waals surface area (Å²) in [6.45, 7) is 1.32. The molecule has 0 heterocycles. The van der Waals surface area contributed by atoms with Crippen LogP contribution in [-0.4, -0.2) is 38.5 Å².